The van der Waals surface area contributed by atoms with Gasteiger partial charge in [-0.25, -0.2) is 9.97 Å². The molecule has 3 aromatic heterocycles. The molecule has 0 saturated carbocycles. The van der Waals surface area contributed by atoms with Gasteiger partial charge in [-0.3, -0.25) is 14.3 Å². The minimum Gasteiger partial charge on any atom is -0.340 e. The van der Waals surface area contributed by atoms with Gasteiger partial charge < -0.3 is 9.80 Å². The fraction of sp³-hybridized carbons (Fsp3) is 0.522. The van der Waals surface area contributed by atoms with Gasteiger partial charge in [0.25, 0.3) is 0 Å². The minimum absolute atomic E-state index is 0.358. The highest BCUT2D eigenvalue weighted by Gasteiger charge is 2.28. The number of aryl methyl sites for hydroxylation is 1. The first kappa shape index (κ1) is 19.5. The molecular weight excluding hydrogens is 374 g/mol. The van der Waals surface area contributed by atoms with Crippen LogP contribution in [0.15, 0.2) is 36.8 Å². The average molecular weight is 406 g/mol. The molecule has 0 aromatic carbocycles. The Morgan fingerprint density at radius 2 is 2.00 bits per heavy atom. The van der Waals surface area contributed by atoms with Crippen molar-refractivity contribution in [3.05, 3.63) is 53.7 Å². The number of anilines is 1. The second-order valence-electron chi connectivity index (χ2n) is 8.93. The maximum absolute atomic E-state index is 4.91. The smallest absolute Gasteiger partial charge is 0.211 e. The molecule has 1 aliphatic carbocycles. The summed E-state index contributed by atoms with van der Waals surface area (Å²) in [5, 5.41) is 0. The Labute approximate surface area is 178 Å². The lowest BCUT2D eigenvalue weighted by Crippen LogP contribution is -2.32. The highest BCUT2D eigenvalue weighted by molar-refractivity contribution is 5.48. The van der Waals surface area contributed by atoms with Crippen molar-refractivity contribution in [2.75, 3.05) is 39.1 Å². The van der Waals surface area contributed by atoms with Crippen LogP contribution in [0.3, 0.4) is 0 Å². The van der Waals surface area contributed by atoms with E-state index in [9.17, 15) is 0 Å². The number of imidazole rings is 1. The van der Waals surface area contributed by atoms with E-state index in [0.717, 1.165) is 49.8 Å². The van der Waals surface area contributed by atoms with Crippen LogP contribution < -0.4 is 4.90 Å². The van der Waals surface area contributed by atoms with Gasteiger partial charge in [0.2, 0.25) is 5.95 Å². The predicted molar refractivity (Wildman–Crippen MR) is 119 cm³/mol. The van der Waals surface area contributed by atoms with Crippen molar-refractivity contribution >= 4 is 11.6 Å². The number of hydrogen-bond donors (Lipinski definition) is 0. The maximum atomic E-state index is 4.91. The molecule has 7 nitrogen and oxygen atoms in total. The lowest BCUT2D eigenvalue weighted by Gasteiger charge is -2.31. The summed E-state index contributed by atoms with van der Waals surface area (Å²) in [5.74, 6) is 1.00. The molecular formula is C23H31N7. The molecule has 158 valence electrons. The zero-order valence-corrected chi connectivity index (χ0v) is 18.2. The van der Waals surface area contributed by atoms with Gasteiger partial charge in [0.05, 0.1) is 17.4 Å². The van der Waals surface area contributed by atoms with Crippen molar-refractivity contribution in [3.63, 3.8) is 0 Å². The molecule has 1 aliphatic heterocycles. The van der Waals surface area contributed by atoms with Gasteiger partial charge in [0, 0.05) is 44.3 Å². The summed E-state index contributed by atoms with van der Waals surface area (Å²) in [6, 6.07) is 7.22. The van der Waals surface area contributed by atoms with E-state index in [0.29, 0.717) is 12.1 Å². The second-order valence-corrected chi connectivity index (χ2v) is 8.93. The van der Waals surface area contributed by atoms with Gasteiger partial charge in [0.1, 0.15) is 5.65 Å². The van der Waals surface area contributed by atoms with Crippen molar-refractivity contribution in [3.8, 4) is 0 Å². The topological polar surface area (TPSA) is 52.8 Å². The largest absolute Gasteiger partial charge is 0.340 e. The standard InChI is InChI=1S/C23H31N7/c1-27(2)19-10-13-29(16-19)23-25-12-9-21-26-18(15-30(21)23)14-28(3)20-8-4-6-17-7-5-11-24-22(17)20/h5,7,9,11-12,15,19-20H,4,6,8,10,13-14,16H2,1-3H3/t19?,20-/m0/s1. The summed E-state index contributed by atoms with van der Waals surface area (Å²) in [7, 11) is 6.51. The Hall–Kier alpha value is -2.51. The molecule has 0 spiro atoms. The fourth-order valence-corrected chi connectivity index (χ4v) is 4.99. The van der Waals surface area contributed by atoms with E-state index in [1.165, 1.54) is 24.1 Å². The van der Waals surface area contributed by atoms with E-state index in [2.05, 4.69) is 58.6 Å². The van der Waals surface area contributed by atoms with Gasteiger partial charge in [-0.15, -0.1) is 0 Å². The molecule has 5 rings (SSSR count). The van der Waals surface area contributed by atoms with Crippen LogP contribution in [0.4, 0.5) is 5.95 Å². The van der Waals surface area contributed by atoms with Crippen LogP contribution in [-0.4, -0.2) is 69.4 Å². The number of aromatic nitrogens is 4. The van der Waals surface area contributed by atoms with Crippen molar-refractivity contribution in [2.24, 2.45) is 0 Å². The first-order chi connectivity index (χ1) is 14.6. The SMILES string of the molecule is CN(C)C1CCN(c2nccc3nc(CN(C)[C@H]4CCCc5cccnc54)cn23)C1. The highest BCUT2D eigenvalue weighted by Crippen LogP contribution is 2.32. The van der Waals surface area contributed by atoms with E-state index in [1.807, 2.05) is 18.5 Å². The molecule has 0 amide bonds. The van der Waals surface area contributed by atoms with Crippen LogP contribution in [-0.2, 0) is 13.0 Å². The number of pyridine rings is 1. The molecule has 3 aromatic rings. The van der Waals surface area contributed by atoms with Crippen LogP contribution in [0, 0.1) is 0 Å². The van der Waals surface area contributed by atoms with E-state index in [-0.39, 0.29) is 0 Å². The molecule has 30 heavy (non-hydrogen) atoms. The van der Waals surface area contributed by atoms with E-state index < -0.39 is 0 Å². The third-order valence-corrected chi connectivity index (χ3v) is 6.70. The minimum atomic E-state index is 0.358. The molecule has 2 aliphatic rings. The van der Waals surface area contributed by atoms with E-state index in [4.69, 9.17) is 15.0 Å². The van der Waals surface area contributed by atoms with Crippen LogP contribution >= 0.6 is 0 Å². The quantitative estimate of drug-likeness (QED) is 0.651. The summed E-state index contributed by atoms with van der Waals surface area (Å²) < 4.78 is 2.16. The summed E-state index contributed by atoms with van der Waals surface area (Å²) in [6.07, 6.45) is 10.7. The fourth-order valence-electron chi connectivity index (χ4n) is 4.99. The zero-order valence-electron chi connectivity index (χ0n) is 18.2. The molecule has 0 radical (unpaired) electrons. The van der Waals surface area contributed by atoms with Crippen molar-refractivity contribution in [2.45, 2.75) is 44.3 Å². The molecule has 1 unspecified atom stereocenters. The Bertz CT molecular complexity index is 1030. The Morgan fingerprint density at radius 3 is 2.83 bits per heavy atom. The number of hydrogen-bond acceptors (Lipinski definition) is 6. The molecule has 1 saturated heterocycles. The predicted octanol–water partition coefficient (Wildman–Crippen LogP) is 2.77. The third kappa shape index (κ3) is 3.56. The van der Waals surface area contributed by atoms with Crippen LogP contribution in [0.25, 0.3) is 5.65 Å². The maximum Gasteiger partial charge on any atom is 0.211 e. The van der Waals surface area contributed by atoms with Crippen LogP contribution in [0.1, 0.15) is 42.3 Å². The molecule has 0 bridgehead atoms. The molecule has 0 N–H and O–H groups in total. The van der Waals surface area contributed by atoms with Crippen LogP contribution in [0.5, 0.6) is 0 Å². The Morgan fingerprint density at radius 1 is 1.10 bits per heavy atom. The third-order valence-electron chi connectivity index (χ3n) is 6.70. The molecule has 1 fully saturated rings. The van der Waals surface area contributed by atoms with Crippen molar-refractivity contribution in [1.82, 2.24) is 29.2 Å². The first-order valence-electron chi connectivity index (χ1n) is 11.0. The lowest BCUT2D eigenvalue weighted by molar-refractivity contribution is 0.206. The first-order valence-corrected chi connectivity index (χ1v) is 11.0. The van der Waals surface area contributed by atoms with E-state index in [1.54, 1.807) is 0 Å². The summed E-state index contributed by atoms with van der Waals surface area (Å²) in [5.41, 5.74) is 4.69. The van der Waals surface area contributed by atoms with Gasteiger partial charge in [-0.05, 0) is 64.5 Å². The van der Waals surface area contributed by atoms with Gasteiger partial charge in [0.15, 0.2) is 0 Å². The molecule has 2 atom stereocenters. The number of rotatable bonds is 5. The molecule has 4 heterocycles. The summed E-state index contributed by atoms with van der Waals surface area (Å²) >= 11 is 0. The van der Waals surface area contributed by atoms with Gasteiger partial charge in [-0.2, -0.15) is 0 Å². The summed E-state index contributed by atoms with van der Waals surface area (Å²) in [6.45, 7) is 2.85. The Balaban J connectivity index is 1.38. The van der Waals surface area contributed by atoms with E-state index >= 15 is 0 Å². The number of likely N-dealkylation sites (N-methyl/N-ethyl adjacent to an activating group) is 1. The summed E-state index contributed by atoms with van der Waals surface area (Å²) in [4.78, 5) is 21.4. The van der Waals surface area contributed by atoms with Crippen molar-refractivity contribution < 1.29 is 0 Å². The van der Waals surface area contributed by atoms with Gasteiger partial charge in [-0.1, -0.05) is 6.07 Å². The average Bonchev–Trinajstić information content (AvgIpc) is 3.40. The number of nitrogens with zero attached hydrogens (tertiary/aromatic N) is 7. The monoisotopic (exact) mass is 405 g/mol. The number of fused-ring (bicyclic) bond motifs is 2. The van der Waals surface area contributed by atoms with Gasteiger partial charge >= 0.3 is 0 Å². The Kier molecular flexibility index (Phi) is 5.16. The normalized spacial score (nSPS) is 21.7. The molecule has 7 heteroatoms. The van der Waals surface area contributed by atoms with Crippen molar-refractivity contribution in [1.29, 1.82) is 0 Å². The second kappa shape index (κ2) is 7.96. The van der Waals surface area contributed by atoms with Crippen LogP contribution in [0.2, 0.25) is 0 Å². The highest BCUT2D eigenvalue weighted by atomic mass is 15.3. The zero-order chi connectivity index (χ0) is 20.7. The lowest BCUT2D eigenvalue weighted by atomic mass is 9.91.